The zero-order valence-corrected chi connectivity index (χ0v) is 20.0. The molecule has 176 valence electrons. The lowest BCUT2D eigenvalue weighted by molar-refractivity contribution is -0.121. The maximum Gasteiger partial charge on any atom is 0.248 e. The van der Waals surface area contributed by atoms with Crippen molar-refractivity contribution < 1.29 is 9.53 Å². The Balaban J connectivity index is 1.64. The fourth-order valence-electron chi connectivity index (χ4n) is 5.27. The molecule has 0 bridgehead atoms. The van der Waals surface area contributed by atoms with Gasteiger partial charge in [-0.05, 0) is 36.8 Å². The first-order valence-electron chi connectivity index (χ1n) is 11.4. The summed E-state index contributed by atoms with van der Waals surface area (Å²) in [5.41, 5.74) is 8.86. The predicted octanol–water partition coefficient (Wildman–Crippen LogP) is 4.75. The van der Waals surface area contributed by atoms with Gasteiger partial charge in [0.05, 0.1) is 23.5 Å². The highest BCUT2D eigenvalue weighted by Crippen LogP contribution is 2.56. The van der Waals surface area contributed by atoms with Crippen LogP contribution in [0.5, 0.6) is 5.88 Å². The van der Waals surface area contributed by atoms with Crippen LogP contribution in [0, 0.1) is 18.3 Å². The minimum Gasteiger partial charge on any atom is -0.422 e. The summed E-state index contributed by atoms with van der Waals surface area (Å²) in [4.78, 5) is 16.2. The van der Waals surface area contributed by atoms with Gasteiger partial charge >= 0.3 is 0 Å². The van der Waals surface area contributed by atoms with E-state index < -0.39 is 5.41 Å². The number of rotatable bonds is 3. The summed E-state index contributed by atoms with van der Waals surface area (Å²) in [6.45, 7) is 2.05. The maximum absolute atomic E-state index is 14.6. The van der Waals surface area contributed by atoms with Gasteiger partial charge in [-0.2, -0.15) is 10.4 Å². The number of hydrogen-bond donors (Lipinski definition) is 1. The van der Waals surface area contributed by atoms with Crippen molar-refractivity contribution in [3.63, 3.8) is 0 Å². The van der Waals surface area contributed by atoms with Crippen LogP contribution in [-0.4, -0.2) is 15.7 Å². The zero-order valence-electron chi connectivity index (χ0n) is 19.3. The van der Waals surface area contributed by atoms with E-state index in [2.05, 4.69) is 6.07 Å². The van der Waals surface area contributed by atoms with Crippen LogP contribution in [0.1, 0.15) is 22.4 Å². The number of halogens is 1. The Morgan fingerprint density at radius 2 is 1.75 bits per heavy atom. The average Bonchev–Trinajstić information content (AvgIpc) is 3.34. The number of carbonyl (C=O) groups is 1. The van der Waals surface area contributed by atoms with Gasteiger partial charge in [-0.3, -0.25) is 4.79 Å². The summed E-state index contributed by atoms with van der Waals surface area (Å²) >= 11 is 6.46. The molecule has 0 radical (unpaired) electrons. The van der Waals surface area contributed by atoms with Crippen LogP contribution in [0.25, 0.3) is 5.69 Å². The van der Waals surface area contributed by atoms with E-state index in [0.29, 0.717) is 33.4 Å². The predicted molar refractivity (Wildman–Crippen MR) is 136 cm³/mol. The summed E-state index contributed by atoms with van der Waals surface area (Å²) in [5.74, 6) is -0.105. The minimum atomic E-state index is -1.50. The summed E-state index contributed by atoms with van der Waals surface area (Å²) in [5, 5.41) is 15.6. The standard InChI is InChI=1S/C28H20ClN5O2/c1-17-24-26(34(32-17)19-10-3-2-4-11-19)36-25(31)21(15-30)28(24)20-12-6-8-14-23(20)33(27(28)35)16-18-9-5-7-13-22(18)29/h2-14H,16,31H2,1H3. The molecule has 0 fully saturated rings. The van der Waals surface area contributed by atoms with Crippen LogP contribution in [0.2, 0.25) is 5.02 Å². The van der Waals surface area contributed by atoms with Gasteiger partial charge in [0, 0.05) is 16.3 Å². The van der Waals surface area contributed by atoms with E-state index in [1.54, 1.807) is 15.6 Å². The highest BCUT2D eigenvalue weighted by Gasteiger charge is 2.61. The first-order valence-corrected chi connectivity index (χ1v) is 11.7. The van der Waals surface area contributed by atoms with Crippen LogP contribution >= 0.6 is 11.6 Å². The van der Waals surface area contributed by atoms with E-state index >= 15 is 0 Å². The number of nitrogens with zero attached hydrogens (tertiary/aromatic N) is 4. The number of hydrogen-bond acceptors (Lipinski definition) is 5. The molecule has 1 aromatic heterocycles. The Bertz CT molecular complexity index is 1620. The second-order valence-electron chi connectivity index (χ2n) is 8.72. The number of carbonyl (C=O) groups excluding carboxylic acids is 1. The monoisotopic (exact) mass is 493 g/mol. The van der Waals surface area contributed by atoms with Crippen molar-refractivity contribution >= 4 is 23.2 Å². The Morgan fingerprint density at radius 1 is 1.06 bits per heavy atom. The number of benzene rings is 3. The second kappa shape index (κ2) is 8.01. The van der Waals surface area contributed by atoms with E-state index in [-0.39, 0.29) is 23.9 Å². The molecule has 7 nitrogen and oxygen atoms in total. The number of amides is 1. The molecule has 0 saturated carbocycles. The van der Waals surface area contributed by atoms with E-state index in [9.17, 15) is 10.1 Å². The van der Waals surface area contributed by atoms with E-state index in [1.807, 2.05) is 79.7 Å². The Labute approximate surface area is 212 Å². The third kappa shape index (κ3) is 2.85. The van der Waals surface area contributed by atoms with E-state index in [4.69, 9.17) is 27.2 Å². The molecule has 0 saturated heterocycles. The van der Waals surface area contributed by atoms with Gasteiger partial charge in [0.1, 0.15) is 17.1 Å². The average molecular weight is 494 g/mol. The number of nitrogens with two attached hydrogens (primary N) is 1. The number of para-hydroxylation sites is 2. The molecule has 2 aliphatic heterocycles. The molecule has 1 atom stereocenters. The van der Waals surface area contributed by atoms with Crippen molar-refractivity contribution in [1.29, 1.82) is 5.26 Å². The van der Waals surface area contributed by atoms with Crippen LogP contribution in [0.3, 0.4) is 0 Å². The van der Waals surface area contributed by atoms with Crippen molar-refractivity contribution in [2.24, 2.45) is 5.73 Å². The molecule has 8 heteroatoms. The van der Waals surface area contributed by atoms with Gasteiger partial charge in [-0.25, -0.2) is 4.68 Å². The lowest BCUT2D eigenvalue weighted by Gasteiger charge is -2.33. The summed E-state index contributed by atoms with van der Waals surface area (Å²) < 4.78 is 7.63. The molecule has 1 amide bonds. The summed E-state index contributed by atoms with van der Waals surface area (Å²) in [7, 11) is 0. The SMILES string of the molecule is Cc1nn(-c2ccccc2)c2c1C1(C(=O)N(Cc3ccccc3Cl)c3ccccc31)C(C#N)=C(N)O2. The molecule has 3 heterocycles. The van der Waals surface area contributed by atoms with Gasteiger partial charge in [0.2, 0.25) is 17.7 Å². The molecular formula is C28H20ClN5O2. The lowest BCUT2D eigenvalue weighted by atomic mass is 9.69. The van der Waals surface area contributed by atoms with Gasteiger partial charge < -0.3 is 15.4 Å². The molecule has 2 N–H and O–H groups in total. The normalized spacial score (nSPS) is 18.1. The molecule has 36 heavy (non-hydrogen) atoms. The van der Waals surface area contributed by atoms with Crippen LogP contribution < -0.4 is 15.4 Å². The maximum atomic E-state index is 14.6. The van der Waals surface area contributed by atoms with Crippen molar-refractivity contribution in [2.75, 3.05) is 4.90 Å². The fraction of sp³-hybridized carbons (Fsp3) is 0.107. The highest BCUT2D eigenvalue weighted by atomic mass is 35.5. The summed E-state index contributed by atoms with van der Waals surface area (Å²) in [6.07, 6.45) is 0. The largest absolute Gasteiger partial charge is 0.422 e. The number of fused-ring (bicyclic) bond motifs is 4. The van der Waals surface area contributed by atoms with Crippen molar-refractivity contribution in [3.05, 3.63) is 118 Å². The van der Waals surface area contributed by atoms with Crippen LogP contribution in [-0.2, 0) is 16.8 Å². The molecular weight excluding hydrogens is 474 g/mol. The first kappa shape index (κ1) is 22.0. The molecule has 1 spiro atoms. The molecule has 2 aliphatic rings. The third-order valence-corrected chi connectivity index (χ3v) is 7.15. The smallest absolute Gasteiger partial charge is 0.248 e. The van der Waals surface area contributed by atoms with Gasteiger partial charge in [-0.1, -0.05) is 66.2 Å². The van der Waals surface area contributed by atoms with Crippen LogP contribution in [0.15, 0.2) is 90.3 Å². The van der Waals surface area contributed by atoms with E-state index in [1.165, 1.54) is 0 Å². The highest BCUT2D eigenvalue weighted by molar-refractivity contribution is 6.31. The quantitative estimate of drug-likeness (QED) is 0.444. The van der Waals surface area contributed by atoms with Gasteiger partial charge in [-0.15, -0.1) is 0 Å². The third-order valence-electron chi connectivity index (χ3n) is 6.78. The van der Waals surface area contributed by atoms with Crippen LogP contribution in [0.4, 0.5) is 5.69 Å². The minimum absolute atomic E-state index is 0.0461. The molecule has 0 aliphatic carbocycles. The number of aryl methyl sites for hydroxylation is 1. The van der Waals surface area contributed by atoms with Gasteiger partial charge in [0.15, 0.2) is 0 Å². The Hall–Kier alpha value is -4.54. The van der Waals surface area contributed by atoms with Crippen molar-refractivity contribution in [3.8, 4) is 17.6 Å². The van der Waals surface area contributed by atoms with Gasteiger partial charge in [0.25, 0.3) is 0 Å². The topological polar surface area (TPSA) is 97.2 Å². The number of nitriles is 1. The second-order valence-corrected chi connectivity index (χ2v) is 9.12. The lowest BCUT2D eigenvalue weighted by Crippen LogP contribution is -2.46. The van der Waals surface area contributed by atoms with Crippen molar-refractivity contribution in [2.45, 2.75) is 18.9 Å². The molecule has 4 aromatic rings. The number of ether oxygens (including phenoxy) is 1. The number of anilines is 1. The molecule has 1 unspecified atom stereocenters. The molecule has 3 aromatic carbocycles. The fourth-order valence-corrected chi connectivity index (χ4v) is 5.47. The Morgan fingerprint density at radius 3 is 2.50 bits per heavy atom. The number of aromatic nitrogens is 2. The Kier molecular flexibility index (Phi) is 4.88. The van der Waals surface area contributed by atoms with E-state index in [0.717, 1.165) is 11.3 Å². The summed E-state index contributed by atoms with van der Waals surface area (Å²) in [6, 6.07) is 26.5. The zero-order chi connectivity index (χ0) is 25.0. The van der Waals surface area contributed by atoms with Crippen molar-refractivity contribution in [1.82, 2.24) is 9.78 Å². The first-order chi connectivity index (χ1) is 17.5. The molecule has 6 rings (SSSR count).